The van der Waals surface area contributed by atoms with Crippen LogP contribution in [0.2, 0.25) is 0 Å². The van der Waals surface area contributed by atoms with Gasteiger partial charge in [-0.05, 0) is 107 Å². The number of aromatic amines is 1. The molecule has 0 spiro atoms. The molecule has 1 aliphatic heterocycles. The summed E-state index contributed by atoms with van der Waals surface area (Å²) in [5, 5.41) is 10.4. The zero-order valence-corrected chi connectivity index (χ0v) is 26.9. The number of primary amides is 1. The van der Waals surface area contributed by atoms with Gasteiger partial charge < -0.3 is 20.4 Å². The molecule has 1 aliphatic carbocycles. The van der Waals surface area contributed by atoms with Crippen molar-refractivity contribution in [3.8, 4) is 0 Å². The van der Waals surface area contributed by atoms with Gasteiger partial charge in [-0.3, -0.25) is 14.5 Å². The number of nitrogens with one attached hydrogen (secondary N) is 2. The van der Waals surface area contributed by atoms with Crippen molar-refractivity contribution in [2.75, 3.05) is 19.6 Å². The van der Waals surface area contributed by atoms with Gasteiger partial charge in [0.25, 0.3) is 5.91 Å². The molecule has 242 valence electrons. The van der Waals surface area contributed by atoms with Gasteiger partial charge in [0, 0.05) is 30.6 Å². The number of rotatable bonds is 10. The van der Waals surface area contributed by atoms with E-state index in [9.17, 15) is 23.1 Å². The summed E-state index contributed by atoms with van der Waals surface area (Å²) in [6, 6.07) is 12.0. The minimum absolute atomic E-state index is 0.00602. The van der Waals surface area contributed by atoms with Gasteiger partial charge in [0.15, 0.2) is 0 Å². The molecule has 5 N–H and O–H groups in total. The minimum atomic E-state index is -3.82. The predicted molar refractivity (Wildman–Crippen MR) is 172 cm³/mol. The summed E-state index contributed by atoms with van der Waals surface area (Å²) in [5.74, 6) is -0.748. The van der Waals surface area contributed by atoms with E-state index in [2.05, 4.69) is 42.9 Å². The first kappa shape index (κ1) is 32.8. The highest BCUT2D eigenvalue weighted by Gasteiger charge is 2.31. The summed E-state index contributed by atoms with van der Waals surface area (Å²) in [5.41, 5.74) is 8.32. The molecule has 12 heteroatoms. The molecule has 1 aromatic heterocycles. The fourth-order valence-corrected chi connectivity index (χ4v) is 7.65. The number of aromatic nitrogens is 2. The number of aliphatic hydroxyl groups is 1. The van der Waals surface area contributed by atoms with Crippen LogP contribution < -0.4 is 16.1 Å². The Morgan fingerprint density at radius 3 is 2.47 bits per heavy atom. The van der Waals surface area contributed by atoms with Crippen LogP contribution in [0.1, 0.15) is 74.3 Å². The van der Waals surface area contributed by atoms with Gasteiger partial charge in [-0.1, -0.05) is 18.2 Å². The van der Waals surface area contributed by atoms with E-state index in [0.29, 0.717) is 31.3 Å². The van der Waals surface area contributed by atoms with Gasteiger partial charge in [-0.15, -0.1) is 6.58 Å². The van der Waals surface area contributed by atoms with Crippen LogP contribution >= 0.6 is 0 Å². The summed E-state index contributed by atoms with van der Waals surface area (Å²) in [7, 11) is -3.82. The number of sulfonamides is 1. The van der Waals surface area contributed by atoms with Crippen LogP contribution in [0.25, 0.3) is 11.0 Å². The van der Waals surface area contributed by atoms with Crippen molar-refractivity contribution in [1.29, 1.82) is 0 Å². The Labute approximate surface area is 264 Å². The number of hydrogen-bond acceptors (Lipinski definition) is 6. The summed E-state index contributed by atoms with van der Waals surface area (Å²) in [4.78, 5) is 35.5. The van der Waals surface area contributed by atoms with Crippen molar-refractivity contribution in [3.05, 3.63) is 71.9 Å². The highest BCUT2D eigenvalue weighted by molar-refractivity contribution is 7.89. The number of piperidine rings is 1. The smallest absolute Gasteiger partial charge is 0.280 e. The average molecular weight is 637 g/mol. The van der Waals surface area contributed by atoms with E-state index < -0.39 is 21.5 Å². The molecule has 2 aliphatic rings. The normalized spacial score (nSPS) is 20.8. The molecule has 0 bridgehead atoms. The number of carbonyl (C=O) groups excluding carboxylic acids is 2. The predicted octanol–water partition coefficient (Wildman–Crippen LogP) is 3.37. The number of nitrogens with zero attached hydrogens (tertiary/aromatic N) is 3. The third-order valence-corrected chi connectivity index (χ3v) is 10.7. The number of H-pyrrole nitrogens is 1. The molecule has 2 fully saturated rings. The Balaban J connectivity index is 1.48. The van der Waals surface area contributed by atoms with Crippen molar-refractivity contribution in [1.82, 2.24) is 19.2 Å². The average Bonchev–Trinajstić information content (AvgIpc) is 3.37. The molecule has 45 heavy (non-hydrogen) atoms. The number of imidazole rings is 1. The van der Waals surface area contributed by atoms with Crippen LogP contribution in [0.4, 0.5) is 0 Å². The fraction of sp³-hybridized carbons (Fsp3) is 0.485. The zero-order valence-electron chi connectivity index (χ0n) is 26.0. The Morgan fingerprint density at radius 2 is 1.82 bits per heavy atom. The van der Waals surface area contributed by atoms with Crippen molar-refractivity contribution in [2.45, 2.75) is 75.5 Å². The lowest BCUT2D eigenvalue weighted by Crippen LogP contribution is -2.41. The molecule has 0 unspecified atom stereocenters. The first-order valence-electron chi connectivity index (χ1n) is 15.6. The van der Waals surface area contributed by atoms with Crippen LogP contribution in [0.15, 0.2) is 65.0 Å². The molecule has 1 saturated heterocycles. The van der Waals surface area contributed by atoms with E-state index >= 15 is 0 Å². The van der Waals surface area contributed by atoms with Crippen LogP contribution in [-0.4, -0.2) is 65.0 Å². The Kier molecular flexibility index (Phi) is 9.78. The lowest BCUT2D eigenvalue weighted by atomic mass is 9.83. The van der Waals surface area contributed by atoms with Gasteiger partial charge in [-0.25, -0.2) is 13.1 Å². The number of nitrogens with two attached hydrogens (primary N) is 1. The van der Waals surface area contributed by atoms with Crippen LogP contribution in [0.3, 0.4) is 0 Å². The van der Waals surface area contributed by atoms with Crippen molar-refractivity contribution in [3.63, 3.8) is 0 Å². The van der Waals surface area contributed by atoms with Gasteiger partial charge in [0.05, 0.1) is 21.5 Å². The Morgan fingerprint density at radius 1 is 1.11 bits per heavy atom. The van der Waals surface area contributed by atoms with Gasteiger partial charge in [-0.2, -0.15) is 4.99 Å². The summed E-state index contributed by atoms with van der Waals surface area (Å²) in [6.45, 7) is 9.95. The minimum Gasteiger partial charge on any atom is -0.390 e. The van der Waals surface area contributed by atoms with Gasteiger partial charge >= 0.3 is 0 Å². The largest absolute Gasteiger partial charge is 0.390 e. The molecule has 2 amide bonds. The third-order valence-electron chi connectivity index (χ3n) is 9.27. The SMILES string of the molecule is C=CCNS(=O)(=O)c1cccc(C(=O)N=c2[nH]c3ccc(CN4CCC(C(C)(C)O)CC4)cc3n2[C@H]2CC[C@@H](C(N)=O)CC2)c1. The molecular formula is C33H44N6O5S. The van der Waals surface area contributed by atoms with E-state index in [4.69, 9.17) is 5.73 Å². The van der Waals surface area contributed by atoms with Gasteiger partial charge in [0.2, 0.25) is 21.5 Å². The van der Waals surface area contributed by atoms with E-state index in [1.807, 2.05) is 19.9 Å². The Hall–Kier alpha value is -3.58. The molecule has 2 heterocycles. The number of carbonyl (C=O) groups is 2. The summed E-state index contributed by atoms with van der Waals surface area (Å²) >= 11 is 0. The summed E-state index contributed by atoms with van der Waals surface area (Å²) < 4.78 is 29.8. The first-order chi connectivity index (χ1) is 21.4. The van der Waals surface area contributed by atoms with E-state index in [1.54, 1.807) is 6.07 Å². The Bertz CT molecular complexity index is 1740. The molecule has 0 radical (unpaired) electrons. The number of benzene rings is 2. The van der Waals surface area contributed by atoms with Crippen LogP contribution in [0, 0.1) is 11.8 Å². The number of amides is 2. The second kappa shape index (κ2) is 13.4. The van der Waals surface area contributed by atoms with E-state index in [0.717, 1.165) is 49.1 Å². The van der Waals surface area contributed by atoms with Gasteiger partial charge in [0.1, 0.15) is 0 Å². The maximum absolute atomic E-state index is 13.5. The lowest BCUT2D eigenvalue weighted by molar-refractivity contribution is -0.122. The van der Waals surface area contributed by atoms with Crippen LogP contribution in [0.5, 0.6) is 0 Å². The molecular weight excluding hydrogens is 592 g/mol. The molecule has 0 atom stereocenters. The molecule has 1 saturated carbocycles. The monoisotopic (exact) mass is 636 g/mol. The highest BCUT2D eigenvalue weighted by Crippen LogP contribution is 2.34. The number of likely N-dealkylation sites (tertiary alicyclic amines) is 1. The molecule has 11 nitrogen and oxygen atoms in total. The van der Waals surface area contributed by atoms with E-state index in [-0.39, 0.29) is 40.8 Å². The first-order valence-corrected chi connectivity index (χ1v) is 17.1. The molecule has 3 aromatic rings. The lowest BCUT2D eigenvalue weighted by Gasteiger charge is -2.37. The standard InChI is InChI=1S/C33H44N6O5S/c1-4-16-35-45(43,44)27-7-5-6-24(20-27)31(41)37-32-36-28-13-8-22(21-38-17-14-25(15-18-38)33(2,3)42)19-29(28)39(32)26-11-9-23(10-12-26)30(34)40/h4-8,13,19-20,23,25-26,35,42H,1,9-12,14-18,21H2,2-3H3,(H2,34,40)(H,36,37,41)/t23-,26+. The highest BCUT2D eigenvalue weighted by atomic mass is 32.2. The topological polar surface area (TPSA) is 163 Å². The number of fused-ring (bicyclic) bond motifs is 1. The van der Waals surface area contributed by atoms with Crippen molar-refractivity contribution < 1.29 is 23.1 Å². The maximum atomic E-state index is 13.5. The fourth-order valence-electron chi connectivity index (χ4n) is 6.61. The molecule has 2 aromatic carbocycles. The van der Waals surface area contributed by atoms with Crippen molar-refractivity contribution >= 4 is 32.9 Å². The maximum Gasteiger partial charge on any atom is 0.280 e. The second-order valence-corrected chi connectivity index (χ2v) is 14.6. The van der Waals surface area contributed by atoms with Crippen LogP contribution in [-0.2, 0) is 21.4 Å². The molecule has 5 rings (SSSR count). The summed E-state index contributed by atoms with van der Waals surface area (Å²) in [6.07, 6.45) is 6.05. The number of hydrogen-bond donors (Lipinski definition) is 4. The zero-order chi connectivity index (χ0) is 32.4. The van der Waals surface area contributed by atoms with E-state index in [1.165, 1.54) is 24.3 Å². The third kappa shape index (κ3) is 7.63. The quantitative estimate of drug-likeness (QED) is 0.249. The van der Waals surface area contributed by atoms with Crippen molar-refractivity contribution in [2.24, 2.45) is 22.6 Å². The second-order valence-electron chi connectivity index (χ2n) is 12.9.